The molecule has 2 aromatic carbocycles. The predicted octanol–water partition coefficient (Wildman–Crippen LogP) is 3.49. The quantitative estimate of drug-likeness (QED) is 0.449. The lowest BCUT2D eigenvalue weighted by atomic mass is 10.1. The number of anilines is 2. The molecule has 0 saturated heterocycles. The van der Waals surface area contributed by atoms with E-state index < -0.39 is 5.91 Å². The van der Waals surface area contributed by atoms with Crippen molar-refractivity contribution in [2.45, 2.75) is 19.4 Å². The average molecular weight is 428 g/mol. The molecule has 2 aromatic heterocycles. The largest absolute Gasteiger partial charge is 0.311 e. The summed E-state index contributed by atoms with van der Waals surface area (Å²) in [5.74, 6) is 0.367. The van der Waals surface area contributed by atoms with Crippen LogP contribution in [0.1, 0.15) is 28.0 Å². The molecular weight excluding hydrogens is 404 g/mol. The fourth-order valence-corrected chi connectivity index (χ4v) is 3.27. The van der Waals surface area contributed by atoms with Crippen molar-refractivity contribution in [1.82, 2.24) is 19.6 Å². The molecule has 0 fully saturated rings. The number of aryl methyl sites for hydroxylation is 2. The maximum absolute atomic E-state index is 12.6. The fourth-order valence-electron chi connectivity index (χ4n) is 3.27. The summed E-state index contributed by atoms with van der Waals surface area (Å²) in [6, 6.07) is 23.0. The van der Waals surface area contributed by atoms with E-state index in [4.69, 9.17) is 0 Å². The zero-order chi connectivity index (χ0) is 22.3. The normalized spacial score (nSPS) is 10.7. The van der Waals surface area contributed by atoms with Gasteiger partial charge in [0.2, 0.25) is 5.91 Å². The zero-order valence-corrected chi connectivity index (χ0v) is 17.7. The molecular formula is C24H24N6O2. The molecule has 0 radical (unpaired) electrons. The number of amides is 2. The Labute approximate surface area is 185 Å². The van der Waals surface area contributed by atoms with E-state index in [1.54, 1.807) is 30.1 Å². The van der Waals surface area contributed by atoms with Crippen molar-refractivity contribution in [3.05, 3.63) is 95.8 Å². The van der Waals surface area contributed by atoms with Crippen LogP contribution in [0.5, 0.6) is 0 Å². The first-order valence-corrected chi connectivity index (χ1v) is 10.3. The van der Waals surface area contributed by atoms with Gasteiger partial charge in [-0.05, 0) is 17.5 Å². The molecule has 2 amide bonds. The molecule has 0 aliphatic carbocycles. The Morgan fingerprint density at radius 1 is 0.875 bits per heavy atom. The Morgan fingerprint density at radius 3 is 2.28 bits per heavy atom. The molecule has 2 heterocycles. The second kappa shape index (κ2) is 9.74. The van der Waals surface area contributed by atoms with Gasteiger partial charge in [0.1, 0.15) is 5.82 Å². The summed E-state index contributed by atoms with van der Waals surface area (Å²) in [7, 11) is 1.68. The first kappa shape index (κ1) is 21.0. The lowest BCUT2D eigenvalue weighted by molar-refractivity contribution is -0.116. The highest BCUT2D eigenvalue weighted by molar-refractivity contribution is 6.03. The van der Waals surface area contributed by atoms with Gasteiger partial charge in [0.15, 0.2) is 11.5 Å². The number of nitrogens with one attached hydrogen (secondary N) is 2. The highest BCUT2D eigenvalue weighted by Gasteiger charge is 2.15. The van der Waals surface area contributed by atoms with E-state index in [0.717, 1.165) is 11.1 Å². The van der Waals surface area contributed by atoms with Crippen molar-refractivity contribution >= 4 is 23.5 Å². The van der Waals surface area contributed by atoms with E-state index in [1.807, 2.05) is 60.7 Å². The van der Waals surface area contributed by atoms with Gasteiger partial charge in [0, 0.05) is 31.8 Å². The third-order valence-corrected chi connectivity index (χ3v) is 4.93. The van der Waals surface area contributed by atoms with Gasteiger partial charge in [-0.15, -0.1) is 0 Å². The smallest absolute Gasteiger partial charge is 0.277 e. The first-order valence-electron chi connectivity index (χ1n) is 10.3. The van der Waals surface area contributed by atoms with Gasteiger partial charge < -0.3 is 10.6 Å². The van der Waals surface area contributed by atoms with Gasteiger partial charge in [0.25, 0.3) is 5.91 Å². The third-order valence-electron chi connectivity index (χ3n) is 4.93. The second-order valence-electron chi connectivity index (χ2n) is 7.41. The van der Waals surface area contributed by atoms with E-state index >= 15 is 0 Å². The Balaban J connectivity index is 1.33. The number of rotatable bonds is 8. The molecule has 0 aliphatic heterocycles. The molecule has 0 bridgehead atoms. The van der Waals surface area contributed by atoms with E-state index in [1.165, 1.54) is 4.68 Å². The maximum Gasteiger partial charge on any atom is 0.277 e. The number of nitrogens with zero attached hydrogens (tertiary/aromatic N) is 4. The van der Waals surface area contributed by atoms with Crippen LogP contribution >= 0.6 is 0 Å². The van der Waals surface area contributed by atoms with E-state index in [9.17, 15) is 9.59 Å². The average Bonchev–Trinajstić information content (AvgIpc) is 3.40. The molecule has 8 nitrogen and oxygen atoms in total. The molecule has 0 atom stereocenters. The van der Waals surface area contributed by atoms with Crippen LogP contribution in [-0.2, 0) is 24.8 Å². The summed E-state index contributed by atoms with van der Waals surface area (Å²) in [4.78, 5) is 24.9. The van der Waals surface area contributed by atoms with Crippen LogP contribution in [0.3, 0.4) is 0 Å². The molecule has 4 rings (SSSR count). The highest BCUT2D eigenvalue weighted by atomic mass is 16.2. The summed E-state index contributed by atoms with van der Waals surface area (Å²) >= 11 is 0. The van der Waals surface area contributed by atoms with Crippen LogP contribution in [0, 0.1) is 0 Å². The number of carbonyl (C=O) groups is 2. The number of hydrogen-bond acceptors (Lipinski definition) is 4. The minimum Gasteiger partial charge on any atom is -0.311 e. The van der Waals surface area contributed by atoms with Crippen LogP contribution < -0.4 is 10.6 Å². The van der Waals surface area contributed by atoms with Crippen LogP contribution in [0.15, 0.2) is 79.0 Å². The van der Waals surface area contributed by atoms with Gasteiger partial charge in [-0.25, -0.2) is 0 Å². The van der Waals surface area contributed by atoms with Gasteiger partial charge in [-0.1, -0.05) is 60.7 Å². The lowest BCUT2D eigenvalue weighted by Crippen LogP contribution is -2.14. The monoisotopic (exact) mass is 428 g/mol. The van der Waals surface area contributed by atoms with Gasteiger partial charge in [0.05, 0.1) is 6.54 Å². The van der Waals surface area contributed by atoms with Gasteiger partial charge in [-0.3, -0.25) is 19.0 Å². The molecule has 0 unspecified atom stereocenters. The predicted molar refractivity (Wildman–Crippen MR) is 122 cm³/mol. The minimum atomic E-state index is -0.393. The Morgan fingerprint density at radius 2 is 1.56 bits per heavy atom. The standard InChI is InChI=1S/C24H24N6O2/c1-29-22(26-23(31)13-12-18-8-4-2-5-9-18)16-20(27-29)24(32)25-21-14-15-30(28-21)17-19-10-6-3-7-11-19/h2-11,14-16H,12-13,17H2,1H3,(H,26,31)(H,25,28,32). The van der Waals surface area contributed by atoms with Gasteiger partial charge in [-0.2, -0.15) is 10.2 Å². The van der Waals surface area contributed by atoms with Crippen LogP contribution in [0.4, 0.5) is 11.6 Å². The lowest BCUT2D eigenvalue weighted by Gasteiger charge is -2.05. The van der Waals surface area contributed by atoms with Crippen LogP contribution in [0.2, 0.25) is 0 Å². The van der Waals surface area contributed by atoms with E-state index in [-0.39, 0.29) is 11.6 Å². The summed E-state index contributed by atoms with van der Waals surface area (Å²) in [5.41, 5.74) is 2.41. The summed E-state index contributed by atoms with van der Waals surface area (Å²) in [6.45, 7) is 0.611. The molecule has 2 N–H and O–H groups in total. The maximum atomic E-state index is 12.6. The van der Waals surface area contributed by atoms with Crippen molar-refractivity contribution in [3.63, 3.8) is 0 Å². The van der Waals surface area contributed by atoms with Crippen molar-refractivity contribution in [2.24, 2.45) is 7.05 Å². The third kappa shape index (κ3) is 5.48. The fraction of sp³-hybridized carbons (Fsp3) is 0.167. The molecule has 0 aliphatic rings. The second-order valence-corrected chi connectivity index (χ2v) is 7.41. The van der Waals surface area contributed by atoms with Crippen molar-refractivity contribution in [3.8, 4) is 0 Å². The number of carbonyl (C=O) groups excluding carboxylic acids is 2. The summed E-state index contributed by atoms with van der Waals surface area (Å²) in [5, 5.41) is 14.1. The van der Waals surface area contributed by atoms with E-state index in [0.29, 0.717) is 31.0 Å². The van der Waals surface area contributed by atoms with Crippen molar-refractivity contribution < 1.29 is 9.59 Å². The molecule has 0 saturated carbocycles. The molecule has 32 heavy (non-hydrogen) atoms. The molecule has 8 heteroatoms. The minimum absolute atomic E-state index is 0.136. The van der Waals surface area contributed by atoms with Crippen LogP contribution in [-0.4, -0.2) is 31.4 Å². The van der Waals surface area contributed by atoms with E-state index in [2.05, 4.69) is 20.8 Å². The summed E-state index contributed by atoms with van der Waals surface area (Å²) < 4.78 is 3.23. The topological polar surface area (TPSA) is 93.8 Å². The summed E-state index contributed by atoms with van der Waals surface area (Å²) in [6.07, 6.45) is 2.79. The number of hydrogen-bond donors (Lipinski definition) is 2. The Kier molecular flexibility index (Phi) is 6.41. The van der Waals surface area contributed by atoms with Gasteiger partial charge >= 0.3 is 0 Å². The van der Waals surface area contributed by atoms with Crippen molar-refractivity contribution in [1.29, 1.82) is 0 Å². The number of benzene rings is 2. The Bertz CT molecular complexity index is 1200. The van der Waals surface area contributed by atoms with Crippen LogP contribution in [0.25, 0.3) is 0 Å². The molecule has 0 spiro atoms. The SMILES string of the molecule is Cn1nc(C(=O)Nc2ccn(Cc3ccccc3)n2)cc1NC(=O)CCc1ccccc1. The Hall–Kier alpha value is -4.20. The number of aromatic nitrogens is 4. The zero-order valence-electron chi connectivity index (χ0n) is 17.7. The molecule has 4 aromatic rings. The first-order chi connectivity index (χ1) is 15.6. The van der Waals surface area contributed by atoms with Crippen molar-refractivity contribution in [2.75, 3.05) is 10.6 Å². The highest BCUT2D eigenvalue weighted by Crippen LogP contribution is 2.13. The molecule has 162 valence electrons.